The number of furan rings is 1. The second-order valence-electron chi connectivity index (χ2n) is 7.69. The van der Waals surface area contributed by atoms with Crippen molar-refractivity contribution in [2.75, 3.05) is 32.7 Å². The molecule has 1 fully saturated rings. The van der Waals surface area contributed by atoms with Crippen molar-refractivity contribution >= 4 is 34.7 Å². The molecule has 0 aliphatic carbocycles. The van der Waals surface area contributed by atoms with Crippen LogP contribution in [0, 0.1) is 0 Å². The number of hydrogen-bond acceptors (Lipinski definition) is 4. The molecule has 4 rings (SSSR count). The Hall–Kier alpha value is -3.81. The van der Waals surface area contributed by atoms with Gasteiger partial charge in [0.1, 0.15) is 5.76 Å². The summed E-state index contributed by atoms with van der Waals surface area (Å²) in [6.45, 7) is 2.31. The number of hydrogen-bond donors (Lipinski definition) is 2. The van der Waals surface area contributed by atoms with E-state index in [2.05, 4.69) is 10.3 Å². The molecule has 3 heterocycles. The summed E-state index contributed by atoms with van der Waals surface area (Å²) in [4.78, 5) is 43.7. The summed E-state index contributed by atoms with van der Waals surface area (Å²) in [5, 5.41) is 3.76. The number of nitrogens with one attached hydrogen (secondary N) is 2. The fourth-order valence-electron chi connectivity index (χ4n) is 3.81. The van der Waals surface area contributed by atoms with Crippen LogP contribution in [-0.2, 0) is 20.8 Å². The van der Waals surface area contributed by atoms with Crippen LogP contribution in [0.1, 0.15) is 17.7 Å². The molecule has 8 nitrogen and oxygen atoms in total. The SMILES string of the molecule is O=C(/C=C/c1ccco1)NCCC(=O)N1CCN(C(=O)Cc2c[nH]c3ccccc23)CC1. The van der Waals surface area contributed by atoms with Gasteiger partial charge >= 0.3 is 0 Å². The Balaban J connectivity index is 1.18. The molecule has 32 heavy (non-hydrogen) atoms. The standard InChI is InChI=1S/C24H26N4O4/c29-22(8-7-19-4-3-15-32-19)25-10-9-23(30)27-11-13-28(14-12-27)24(31)16-18-17-26-21-6-2-1-5-20(18)21/h1-8,15,17,26H,9-14,16H2,(H,25,29)/b8-7+. The van der Waals surface area contributed by atoms with E-state index >= 15 is 0 Å². The zero-order chi connectivity index (χ0) is 22.3. The minimum Gasteiger partial charge on any atom is -0.465 e. The molecular weight excluding hydrogens is 408 g/mol. The zero-order valence-corrected chi connectivity index (χ0v) is 17.8. The van der Waals surface area contributed by atoms with Crippen molar-refractivity contribution in [2.45, 2.75) is 12.8 Å². The maximum Gasteiger partial charge on any atom is 0.244 e. The molecule has 166 valence electrons. The maximum atomic E-state index is 12.7. The number of rotatable bonds is 7. The lowest BCUT2D eigenvalue weighted by atomic mass is 10.1. The van der Waals surface area contributed by atoms with Crippen LogP contribution < -0.4 is 5.32 Å². The fourth-order valence-corrected chi connectivity index (χ4v) is 3.81. The summed E-state index contributed by atoms with van der Waals surface area (Å²) in [7, 11) is 0. The third kappa shape index (κ3) is 5.26. The molecule has 3 aromatic rings. The Morgan fingerprint density at radius 3 is 2.50 bits per heavy atom. The Kier molecular flexibility index (Phi) is 6.69. The van der Waals surface area contributed by atoms with Gasteiger partial charge in [0.2, 0.25) is 17.7 Å². The van der Waals surface area contributed by atoms with Gasteiger partial charge in [0.15, 0.2) is 0 Å². The van der Waals surface area contributed by atoms with E-state index in [1.54, 1.807) is 23.1 Å². The van der Waals surface area contributed by atoms with E-state index in [0.29, 0.717) is 38.4 Å². The van der Waals surface area contributed by atoms with Gasteiger partial charge in [0, 0.05) is 62.3 Å². The average molecular weight is 434 g/mol. The number of benzene rings is 1. The van der Waals surface area contributed by atoms with Gasteiger partial charge in [-0.1, -0.05) is 18.2 Å². The van der Waals surface area contributed by atoms with Crippen molar-refractivity contribution in [2.24, 2.45) is 0 Å². The first-order chi connectivity index (χ1) is 15.6. The number of nitrogens with zero attached hydrogens (tertiary/aromatic N) is 2. The van der Waals surface area contributed by atoms with Crippen LogP contribution >= 0.6 is 0 Å². The molecule has 2 N–H and O–H groups in total. The van der Waals surface area contributed by atoms with Crippen LogP contribution in [-0.4, -0.2) is 65.2 Å². The summed E-state index contributed by atoms with van der Waals surface area (Å²) < 4.78 is 5.12. The largest absolute Gasteiger partial charge is 0.465 e. The maximum absolute atomic E-state index is 12.7. The van der Waals surface area contributed by atoms with Crippen molar-refractivity contribution in [3.63, 3.8) is 0 Å². The average Bonchev–Trinajstić information content (AvgIpc) is 3.48. The summed E-state index contributed by atoms with van der Waals surface area (Å²) in [5.74, 6) is 0.358. The monoisotopic (exact) mass is 434 g/mol. The highest BCUT2D eigenvalue weighted by molar-refractivity contribution is 5.91. The van der Waals surface area contributed by atoms with Crippen molar-refractivity contribution < 1.29 is 18.8 Å². The van der Waals surface area contributed by atoms with E-state index in [1.807, 2.05) is 35.4 Å². The van der Waals surface area contributed by atoms with Crippen molar-refractivity contribution in [3.8, 4) is 0 Å². The van der Waals surface area contributed by atoms with E-state index < -0.39 is 0 Å². The topological polar surface area (TPSA) is 98.7 Å². The number of para-hydroxylation sites is 1. The molecule has 1 aliphatic rings. The highest BCUT2D eigenvalue weighted by atomic mass is 16.3. The van der Waals surface area contributed by atoms with Gasteiger partial charge in [-0.05, 0) is 29.8 Å². The van der Waals surface area contributed by atoms with Gasteiger partial charge in [0.25, 0.3) is 0 Å². The Morgan fingerprint density at radius 2 is 1.75 bits per heavy atom. The highest BCUT2D eigenvalue weighted by Gasteiger charge is 2.24. The third-order valence-corrected chi connectivity index (χ3v) is 5.58. The van der Waals surface area contributed by atoms with E-state index in [4.69, 9.17) is 4.42 Å². The van der Waals surface area contributed by atoms with Gasteiger partial charge in [-0.2, -0.15) is 0 Å². The Morgan fingerprint density at radius 1 is 1.00 bits per heavy atom. The number of carbonyl (C=O) groups excluding carboxylic acids is 3. The first-order valence-corrected chi connectivity index (χ1v) is 10.7. The molecule has 0 radical (unpaired) electrons. The molecule has 3 amide bonds. The second kappa shape index (κ2) is 10.00. The predicted molar refractivity (Wildman–Crippen MR) is 121 cm³/mol. The molecule has 1 aromatic carbocycles. The van der Waals surface area contributed by atoms with Crippen LogP contribution in [0.15, 0.2) is 59.4 Å². The Bertz CT molecular complexity index is 1110. The molecule has 1 aliphatic heterocycles. The quantitative estimate of drug-likeness (QED) is 0.557. The molecule has 2 aromatic heterocycles. The molecule has 0 saturated carbocycles. The zero-order valence-electron chi connectivity index (χ0n) is 17.8. The normalized spacial score (nSPS) is 14.2. The van der Waals surface area contributed by atoms with E-state index in [9.17, 15) is 14.4 Å². The first kappa shape index (κ1) is 21.4. The summed E-state index contributed by atoms with van der Waals surface area (Å²) in [6.07, 6.45) is 6.94. The number of aromatic nitrogens is 1. The van der Waals surface area contributed by atoms with Gasteiger partial charge in [-0.15, -0.1) is 0 Å². The van der Waals surface area contributed by atoms with Gasteiger partial charge in [-0.25, -0.2) is 0 Å². The van der Waals surface area contributed by atoms with Crippen LogP contribution in [0.5, 0.6) is 0 Å². The molecule has 8 heteroatoms. The van der Waals surface area contributed by atoms with Gasteiger partial charge < -0.3 is 24.5 Å². The first-order valence-electron chi connectivity index (χ1n) is 10.7. The van der Waals surface area contributed by atoms with E-state index in [0.717, 1.165) is 16.5 Å². The summed E-state index contributed by atoms with van der Waals surface area (Å²) >= 11 is 0. The number of amides is 3. The van der Waals surface area contributed by atoms with Crippen LogP contribution in [0.3, 0.4) is 0 Å². The minimum atomic E-state index is -0.276. The highest BCUT2D eigenvalue weighted by Crippen LogP contribution is 2.19. The van der Waals surface area contributed by atoms with Crippen molar-refractivity contribution in [1.29, 1.82) is 0 Å². The minimum absolute atomic E-state index is 0.0240. The van der Waals surface area contributed by atoms with Crippen molar-refractivity contribution in [1.82, 2.24) is 20.1 Å². The smallest absolute Gasteiger partial charge is 0.244 e. The second-order valence-corrected chi connectivity index (χ2v) is 7.69. The van der Waals surface area contributed by atoms with Crippen LogP contribution in [0.4, 0.5) is 0 Å². The summed E-state index contributed by atoms with van der Waals surface area (Å²) in [5.41, 5.74) is 2.01. The van der Waals surface area contributed by atoms with Gasteiger partial charge in [-0.3, -0.25) is 14.4 Å². The lowest BCUT2D eigenvalue weighted by Crippen LogP contribution is -2.51. The number of carbonyl (C=O) groups is 3. The third-order valence-electron chi connectivity index (χ3n) is 5.58. The number of aromatic amines is 1. The molecule has 0 spiro atoms. The summed E-state index contributed by atoms with van der Waals surface area (Å²) in [6, 6.07) is 11.4. The lowest BCUT2D eigenvalue weighted by Gasteiger charge is -2.35. The Labute approximate surface area is 185 Å². The predicted octanol–water partition coefficient (Wildman–Crippen LogP) is 2.19. The van der Waals surface area contributed by atoms with Crippen LogP contribution in [0.2, 0.25) is 0 Å². The lowest BCUT2D eigenvalue weighted by molar-refractivity contribution is -0.139. The van der Waals surface area contributed by atoms with E-state index in [1.165, 1.54) is 12.3 Å². The van der Waals surface area contributed by atoms with Crippen molar-refractivity contribution in [3.05, 3.63) is 66.3 Å². The molecule has 0 unspecified atom stereocenters. The number of H-pyrrole nitrogens is 1. The fraction of sp³-hybridized carbons (Fsp3) is 0.292. The number of fused-ring (bicyclic) bond motifs is 1. The molecule has 1 saturated heterocycles. The number of piperazine rings is 1. The van der Waals surface area contributed by atoms with Gasteiger partial charge in [0.05, 0.1) is 12.7 Å². The van der Waals surface area contributed by atoms with E-state index in [-0.39, 0.29) is 30.7 Å². The van der Waals surface area contributed by atoms with Crippen LogP contribution in [0.25, 0.3) is 17.0 Å². The molecular formula is C24H26N4O4. The molecule has 0 bridgehead atoms. The molecule has 0 atom stereocenters.